The maximum absolute atomic E-state index is 5.76. The van der Waals surface area contributed by atoms with Crippen molar-refractivity contribution >= 4 is 12.6 Å². The SMILES string of the molecule is CCCc1ccc(B2OCC(C)(C)CO2)cc1. The van der Waals surface area contributed by atoms with Crippen LogP contribution in [0.4, 0.5) is 0 Å². The highest BCUT2D eigenvalue weighted by Gasteiger charge is 2.33. The Labute approximate surface area is 104 Å². The second kappa shape index (κ2) is 5.24. The summed E-state index contributed by atoms with van der Waals surface area (Å²) in [7, 11) is -0.182. The Morgan fingerprint density at radius 1 is 1.12 bits per heavy atom. The normalized spacial score (nSPS) is 19.4. The van der Waals surface area contributed by atoms with E-state index in [1.54, 1.807) is 0 Å². The first kappa shape index (κ1) is 12.7. The third-order valence-electron chi connectivity index (χ3n) is 3.04. The van der Waals surface area contributed by atoms with Crippen LogP contribution in [0.5, 0.6) is 0 Å². The van der Waals surface area contributed by atoms with E-state index < -0.39 is 0 Å². The van der Waals surface area contributed by atoms with E-state index in [-0.39, 0.29) is 12.5 Å². The standard InChI is InChI=1S/C14H21BO2/c1-4-5-12-6-8-13(9-7-12)15-16-10-14(2,3)11-17-15/h6-9H,4-5,10-11H2,1-3H3. The summed E-state index contributed by atoms with van der Waals surface area (Å²) in [4.78, 5) is 0. The molecule has 2 nitrogen and oxygen atoms in total. The van der Waals surface area contributed by atoms with E-state index in [1.165, 1.54) is 12.0 Å². The van der Waals surface area contributed by atoms with Gasteiger partial charge >= 0.3 is 7.12 Å². The van der Waals surface area contributed by atoms with Crippen LogP contribution in [0.25, 0.3) is 0 Å². The minimum absolute atomic E-state index is 0.138. The van der Waals surface area contributed by atoms with E-state index >= 15 is 0 Å². The second-order valence-electron chi connectivity index (χ2n) is 5.61. The predicted octanol–water partition coefficient (Wildman–Crippen LogP) is 2.41. The van der Waals surface area contributed by atoms with Gasteiger partial charge in [-0.1, -0.05) is 51.5 Å². The van der Waals surface area contributed by atoms with E-state index in [0.717, 1.165) is 25.1 Å². The van der Waals surface area contributed by atoms with Gasteiger partial charge in [-0.25, -0.2) is 0 Å². The van der Waals surface area contributed by atoms with Crippen molar-refractivity contribution in [2.45, 2.75) is 33.6 Å². The minimum atomic E-state index is -0.182. The van der Waals surface area contributed by atoms with Gasteiger partial charge in [-0.3, -0.25) is 0 Å². The second-order valence-corrected chi connectivity index (χ2v) is 5.61. The van der Waals surface area contributed by atoms with Crippen LogP contribution in [-0.4, -0.2) is 20.3 Å². The maximum Gasteiger partial charge on any atom is 0.493 e. The molecule has 0 aliphatic carbocycles. The molecule has 92 valence electrons. The van der Waals surface area contributed by atoms with Crippen molar-refractivity contribution in [2.24, 2.45) is 5.41 Å². The van der Waals surface area contributed by atoms with Gasteiger partial charge in [-0.05, 0) is 17.4 Å². The first-order chi connectivity index (χ1) is 8.11. The maximum atomic E-state index is 5.76. The first-order valence-corrected chi connectivity index (χ1v) is 6.43. The quantitative estimate of drug-likeness (QED) is 0.745. The van der Waals surface area contributed by atoms with Gasteiger partial charge in [0, 0.05) is 18.6 Å². The molecule has 0 radical (unpaired) electrons. The summed E-state index contributed by atoms with van der Waals surface area (Å²) in [6.07, 6.45) is 2.32. The molecule has 17 heavy (non-hydrogen) atoms. The summed E-state index contributed by atoms with van der Waals surface area (Å²) < 4.78 is 11.5. The molecule has 0 unspecified atom stereocenters. The minimum Gasteiger partial charge on any atom is -0.407 e. The molecule has 1 aromatic carbocycles. The largest absolute Gasteiger partial charge is 0.493 e. The topological polar surface area (TPSA) is 18.5 Å². The molecule has 2 rings (SSSR count). The summed E-state index contributed by atoms with van der Waals surface area (Å²) in [6, 6.07) is 8.58. The number of benzene rings is 1. The molecule has 1 aromatic rings. The van der Waals surface area contributed by atoms with Crippen molar-refractivity contribution < 1.29 is 9.31 Å². The fourth-order valence-electron chi connectivity index (χ4n) is 2.01. The van der Waals surface area contributed by atoms with Gasteiger partial charge in [0.15, 0.2) is 0 Å². The van der Waals surface area contributed by atoms with Crippen LogP contribution in [0.15, 0.2) is 24.3 Å². The monoisotopic (exact) mass is 232 g/mol. The summed E-state index contributed by atoms with van der Waals surface area (Å²) in [5.41, 5.74) is 2.64. The van der Waals surface area contributed by atoms with Gasteiger partial charge in [0.25, 0.3) is 0 Å². The first-order valence-electron chi connectivity index (χ1n) is 6.43. The van der Waals surface area contributed by atoms with Crippen molar-refractivity contribution in [2.75, 3.05) is 13.2 Å². The summed E-state index contributed by atoms with van der Waals surface area (Å²) in [5.74, 6) is 0. The Bertz CT molecular complexity index is 349. The van der Waals surface area contributed by atoms with Gasteiger partial charge in [-0.2, -0.15) is 0 Å². The average Bonchev–Trinajstić information content (AvgIpc) is 2.31. The van der Waals surface area contributed by atoms with Gasteiger partial charge in [0.1, 0.15) is 0 Å². The molecule has 1 aliphatic rings. The number of aryl methyl sites for hydroxylation is 1. The fourth-order valence-corrected chi connectivity index (χ4v) is 2.01. The molecular weight excluding hydrogens is 211 g/mol. The lowest BCUT2D eigenvalue weighted by atomic mass is 9.75. The van der Waals surface area contributed by atoms with Crippen LogP contribution in [0.1, 0.15) is 32.8 Å². The molecule has 0 aromatic heterocycles. The van der Waals surface area contributed by atoms with Crippen molar-refractivity contribution in [3.8, 4) is 0 Å². The van der Waals surface area contributed by atoms with Crippen LogP contribution in [-0.2, 0) is 15.7 Å². The molecular formula is C14H21BO2. The molecule has 1 heterocycles. The Balaban J connectivity index is 1.99. The van der Waals surface area contributed by atoms with E-state index in [1.807, 2.05) is 0 Å². The number of hydrogen-bond donors (Lipinski definition) is 0. The van der Waals surface area contributed by atoms with Gasteiger partial charge < -0.3 is 9.31 Å². The lowest BCUT2D eigenvalue weighted by molar-refractivity contribution is 0.0343. The van der Waals surface area contributed by atoms with Crippen LogP contribution in [0.2, 0.25) is 0 Å². The Hall–Kier alpha value is -0.795. The third-order valence-corrected chi connectivity index (χ3v) is 3.04. The Morgan fingerprint density at radius 3 is 2.24 bits per heavy atom. The van der Waals surface area contributed by atoms with E-state index in [9.17, 15) is 0 Å². The number of hydrogen-bond acceptors (Lipinski definition) is 2. The van der Waals surface area contributed by atoms with E-state index in [2.05, 4.69) is 45.0 Å². The van der Waals surface area contributed by atoms with Gasteiger partial charge in [0.2, 0.25) is 0 Å². The zero-order chi connectivity index (χ0) is 12.3. The highest BCUT2D eigenvalue weighted by molar-refractivity contribution is 6.61. The summed E-state index contributed by atoms with van der Waals surface area (Å²) in [5, 5.41) is 0. The smallest absolute Gasteiger partial charge is 0.407 e. The lowest BCUT2D eigenvalue weighted by Crippen LogP contribution is -2.47. The molecule has 1 aliphatic heterocycles. The molecule has 0 spiro atoms. The van der Waals surface area contributed by atoms with Crippen LogP contribution in [0, 0.1) is 5.41 Å². The van der Waals surface area contributed by atoms with Crippen molar-refractivity contribution in [3.63, 3.8) is 0 Å². The molecule has 0 N–H and O–H groups in total. The van der Waals surface area contributed by atoms with Crippen LogP contribution >= 0.6 is 0 Å². The third kappa shape index (κ3) is 3.33. The van der Waals surface area contributed by atoms with Crippen LogP contribution < -0.4 is 5.46 Å². The Kier molecular flexibility index (Phi) is 3.90. The summed E-state index contributed by atoms with van der Waals surface area (Å²) >= 11 is 0. The molecule has 0 amide bonds. The zero-order valence-corrected chi connectivity index (χ0v) is 11.0. The molecule has 3 heteroatoms. The van der Waals surface area contributed by atoms with Crippen molar-refractivity contribution in [3.05, 3.63) is 29.8 Å². The Morgan fingerprint density at radius 2 is 1.71 bits per heavy atom. The predicted molar refractivity (Wildman–Crippen MR) is 71.5 cm³/mol. The highest BCUT2D eigenvalue weighted by Crippen LogP contribution is 2.21. The highest BCUT2D eigenvalue weighted by atomic mass is 16.6. The van der Waals surface area contributed by atoms with Gasteiger partial charge in [0.05, 0.1) is 0 Å². The molecule has 0 atom stereocenters. The summed E-state index contributed by atoms with van der Waals surface area (Å²) in [6.45, 7) is 8.03. The number of rotatable bonds is 3. The zero-order valence-electron chi connectivity index (χ0n) is 11.0. The molecule has 0 saturated carbocycles. The van der Waals surface area contributed by atoms with Crippen molar-refractivity contribution in [1.29, 1.82) is 0 Å². The van der Waals surface area contributed by atoms with Gasteiger partial charge in [-0.15, -0.1) is 0 Å². The van der Waals surface area contributed by atoms with Crippen molar-refractivity contribution in [1.82, 2.24) is 0 Å². The average molecular weight is 232 g/mol. The molecule has 1 fully saturated rings. The molecule has 0 bridgehead atoms. The lowest BCUT2D eigenvalue weighted by Gasteiger charge is -2.33. The fraction of sp³-hybridized carbons (Fsp3) is 0.571. The molecule has 1 saturated heterocycles. The van der Waals surface area contributed by atoms with Crippen LogP contribution in [0.3, 0.4) is 0 Å². The van der Waals surface area contributed by atoms with E-state index in [4.69, 9.17) is 9.31 Å². The van der Waals surface area contributed by atoms with E-state index in [0.29, 0.717) is 0 Å².